The van der Waals surface area contributed by atoms with Crippen LogP contribution in [0.1, 0.15) is 18.1 Å². The second kappa shape index (κ2) is 9.74. The van der Waals surface area contributed by atoms with Crippen LogP contribution in [0, 0.1) is 0 Å². The number of methoxy groups -OCH3 is 2. The minimum absolute atomic E-state index is 0.0599. The van der Waals surface area contributed by atoms with E-state index in [9.17, 15) is 4.79 Å². The molecule has 152 valence electrons. The molecule has 0 amide bonds. The first kappa shape index (κ1) is 21.8. The van der Waals surface area contributed by atoms with Gasteiger partial charge in [-0.3, -0.25) is 9.69 Å². The third-order valence-corrected chi connectivity index (χ3v) is 5.86. The molecule has 1 aliphatic rings. The van der Waals surface area contributed by atoms with Gasteiger partial charge in [0.15, 0.2) is 5.78 Å². The molecule has 0 N–H and O–H groups in total. The Labute approximate surface area is 188 Å². The summed E-state index contributed by atoms with van der Waals surface area (Å²) in [5.41, 5.74) is 3.28. The molecule has 0 spiro atoms. The van der Waals surface area contributed by atoms with Gasteiger partial charge in [0.1, 0.15) is 11.5 Å². The topological polar surface area (TPSA) is 38.8 Å². The Morgan fingerprint density at radius 3 is 1.72 bits per heavy atom. The van der Waals surface area contributed by atoms with Crippen molar-refractivity contribution in [3.05, 3.63) is 67.6 Å². The highest BCUT2D eigenvalue weighted by molar-refractivity contribution is 9.10. The van der Waals surface area contributed by atoms with Crippen LogP contribution >= 0.6 is 31.9 Å². The van der Waals surface area contributed by atoms with Crippen molar-refractivity contribution in [2.24, 2.45) is 0 Å². The van der Waals surface area contributed by atoms with Gasteiger partial charge < -0.3 is 9.47 Å². The summed E-state index contributed by atoms with van der Waals surface area (Å²) in [5.74, 6) is 1.52. The van der Waals surface area contributed by atoms with Gasteiger partial charge in [-0.2, -0.15) is 0 Å². The Morgan fingerprint density at radius 1 is 0.897 bits per heavy atom. The monoisotopic (exact) mass is 519 g/mol. The Bertz CT molecular complexity index is 907. The van der Waals surface area contributed by atoms with Crippen molar-refractivity contribution in [1.82, 2.24) is 4.90 Å². The summed E-state index contributed by atoms with van der Waals surface area (Å²) >= 11 is 6.92. The standard InChI is InChI=1S/C23H23Br2NO3/c1-4-26-13-17(9-15-5-7-19(24)11-21(15)28-2)23(27)18(14-26)10-16-6-8-20(25)12-22(16)29-3/h5-12H,4,13-14H2,1-3H3/b17-9+,18-10+. The molecule has 0 atom stereocenters. The highest BCUT2D eigenvalue weighted by Gasteiger charge is 2.26. The molecular weight excluding hydrogens is 498 g/mol. The summed E-state index contributed by atoms with van der Waals surface area (Å²) in [6.07, 6.45) is 3.87. The first-order chi connectivity index (χ1) is 13.9. The fourth-order valence-corrected chi connectivity index (χ4v) is 4.00. The minimum atomic E-state index is 0.0599. The van der Waals surface area contributed by atoms with E-state index in [-0.39, 0.29) is 5.78 Å². The normalized spacial score (nSPS) is 17.8. The van der Waals surface area contributed by atoms with E-state index < -0.39 is 0 Å². The molecular formula is C23H23Br2NO3. The van der Waals surface area contributed by atoms with Gasteiger partial charge >= 0.3 is 0 Å². The summed E-state index contributed by atoms with van der Waals surface area (Å²) in [6, 6.07) is 11.6. The molecule has 1 aliphatic heterocycles. The van der Waals surface area contributed by atoms with Crippen molar-refractivity contribution < 1.29 is 14.3 Å². The lowest BCUT2D eigenvalue weighted by Crippen LogP contribution is -2.37. The van der Waals surface area contributed by atoms with E-state index in [4.69, 9.17) is 9.47 Å². The highest BCUT2D eigenvalue weighted by atomic mass is 79.9. The summed E-state index contributed by atoms with van der Waals surface area (Å²) in [7, 11) is 3.27. The Kier molecular flexibility index (Phi) is 7.33. The van der Waals surface area contributed by atoms with E-state index in [1.165, 1.54) is 0 Å². The van der Waals surface area contributed by atoms with Crippen molar-refractivity contribution in [3.63, 3.8) is 0 Å². The molecule has 1 heterocycles. The largest absolute Gasteiger partial charge is 0.496 e. The number of likely N-dealkylation sites (tertiary alicyclic amines) is 1. The van der Waals surface area contributed by atoms with Crippen LogP contribution in [-0.4, -0.2) is 44.5 Å². The minimum Gasteiger partial charge on any atom is -0.496 e. The van der Waals surface area contributed by atoms with Crippen molar-refractivity contribution in [2.45, 2.75) is 6.92 Å². The zero-order chi connectivity index (χ0) is 21.0. The number of Topliss-reactive ketones (excluding diaryl/α,β-unsaturated/α-hetero) is 1. The van der Waals surface area contributed by atoms with Gasteiger partial charge in [-0.15, -0.1) is 0 Å². The van der Waals surface area contributed by atoms with Gasteiger partial charge in [0.2, 0.25) is 0 Å². The SMILES string of the molecule is CCN1C/C(=C\c2ccc(Br)cc2OC)C(=O)/C(=C/c2ccc(Br)cc2OC)C1. The van der Waals surface area contributed by atoms with Crippen molar-refractivity contribution in [1.29, 1.82) is 0 Å². The zero-order valence-corrected chi connectivity index (χ0v) is 19.8. The fraction of sp³-hybridized carbons (Fsp3) is 0.261. The number of carbonyl (C=O) groups is 1. The number of piperidine rings is 1. The van der Waals surface area contributed by atoms with Crippen LogP contribution in [0.5, 0.6) is 11.5 Å². The number of carbonyl (C=O) groups excluding carboxylic acids is 1. The Hall–Kier alpha value is -1.89. The van der Waals surface area contributed by atoms with E-state index in [2.05, 4.69) is 43.7 Å². The summed E-state index contributed by atoms with van der Waals surface area (Å²) in [6.45, 7) is 4.19. The number of benzene rings is 2. The molecule has 4 nitrogen and oxygen atoms in total. The predicted octanol–water partition coefficient (Wildman–Crippen LogP) is 5.60. The van der Waals surface area contributed by atoms with Crippen molar-refractivity contribution in [3.8, 4) is 11.5 Å². The van der Waals surface area contributed by atoms with Crippen LogP contribution in [-0.2, 0) is 4.79 Å². The van der Waals surface area contributed by atoms with Gasteiger partial charge in [-0.25, -0.2) is 0 Å². The fourth-order valence-electron chi connectivity index (χ4n) is 3.32. The maximum atomic E-state index is 13.3. The lowest BCUT2D eigenvalue weighted by Gasteiger charge is -2.28. The van der Waals surface area contributed by atoms with E-state index in [0.29, 0.717) is 13.1 Å². The smallest absolute Gasteiger partial charge is 0.187 e. The highest BCUT2D eigenvalue weighted by Crippen LogP contribution is 2.30. The average molecular weight is 521 g/mol. The van der Waals surface area contributed by atoms with E-state index >= 15 is 0 Å². The molecule has 0 saturated carbocycles. The number of hydrogen-bond acceptors (Lipinski definition) is 4. The molecule has 0 unspecified atom stereocenters. The summed E-state index contributed by atoms with van der Waals surface area (Å²) < 4.78 is 12.8. The van der Waals surface area contributed by atoms with Gasteiger partial charge in [0.05, 0.1) is 14.2 Å². The van der Waals surface area contributed by atoms with E-state index in [1.807, 2.05) is 48.6 Å². The molecule has 1 fully saturated rings. The van der Waals surface area contributed by atoms with Crippen LogP contribution in [0.4, 0.5) is 0 Å². The van der Waals surface area contributed by atoms with Gasteiger partial charge in [-0.1, -0.05) is 50.9 Å². The second-order valence-electron chi connectivity index (χ2n) is 6.74. The number of likely N-dealkylation sites (N-methyl/N-ethyl adjacent to an activating group) is 1. The van der Waals surface area contributed by atoms with Crippen molar-refractivity contribution in [2.75, 3.05) is 33.9 Å². The van der Waals surface area contributed by atoms with Crippen LogP contribution < -0.4 is 9.47 Å². The number of ether oxygens (including phenoxy) is 2. The number of rotatable bonds is 5. The van der Waals surface area contributed by atoms with Crippen LogP contribution in [0.15, 0.2) is 56.5 Å². The molecule has 0 bridgehead atoms. The first-order valence-electron chi connectivity index (χ1n) is 9.30. The quantitative estimate of drug-likeness (QED) is 0.481. The average Bonchev–Trinajstić information content (AvgIpc) is 2.72. The third kappa shape index (κ3) is 5.18. The molecule has 6 heteroatoms. The van der Waals surface area contributed by atoms with Gasteiger partial charge in [-0.05, 0) is 43.0 Å². The predicted molar refractivity (Wildman–Crippen MR) is 124 cm³/mol. The zero-order valence-electron chi connectivity index (χ0n) is 16.7. The van der Waals surface area contributed by atoms with Crippen LogP contribution in [0.25, 0.3) is 12.2 Å². The van der Waals surface area contributed by atoms with Crippen LogP contribution in [0.2, 0.25) is 0 Å². The second-order valence-corrected chi connectivity index (χ2v) is 8.58. The lowest BCUT2D eigenvalue weighted by atomic mass is 9.94. The molecule has 2 aromatic rings. The number of nitrogens with zero attached hydrogens (tertiary/aromatic N) is 1. The van der Waals surface area contributed by atoms with Gasteiger partial charge in [0, 0.05) is 44.3 Å². The first-order valence-corrected chi connectivity index (χ1v) is 10.9. The third-order valence-electron chi connectivity index (χ3n) is 4.87. The van der Waals surface area contributed by atoms with Crippen molar-refractivity contribution >= 4 is 49.8 Å². The van der Waals surface area contributed by atoms with E-state index in [0.717, 1.165) is 49.3 Å². The summed E-state index contributed by atoms with van der Waals surface area (Å²) in [4.78, 5) is 15.5. The maximum absolute atomic E-state index is 13.3. The number of ketones is 1. The molecule has 0 radical (unpaired) electrons. The molecule has 0 aromatic heterocycles. The Balaban J connectivity index is 2.02. The Morgan fingerprint density at radius 2 is 1.34 bits per heavy atom. The summed E-state index contributed by atoms with van der Waals surface area (Å²) in [5, 5.41) is 0. The van der Waals surface area contributed by atoms with E-state index in [1.54, 1.807) is 14.2 Å². The molecule has 0 aliphatic carbocycles. The van der Waals surface area contributed by atoms with Crippen LogP contribution in [0.3, 0.4) is 0 Å². The number of hydrogen-bond donors (Lipinski definition) is 0. The van der Waals surface area contributed by atoms with Gasteiger partial charge in [0.25, 0.3) is 0 Å². The molecule has 29 heavy (non-hydrogen) atoms. The molecule has 3 rings (SSSR count). The number of halogens is 2. The molecule has 2 aromatic carbocycles. The maximum Gasteiger partial charge on any atom is 0.187 e. The lowest BCUT2D eigenvalue weighted by molar-refractivity contribution is -0.113. The molecule has 1 saturated heterocycles.